The van der Waals surface area contributed by atoms with Gasteiger partial charge < -0.3 is 5.11 Å². The van der Waals surface area contributed by atoms with Crippen LogP contribution >= 0.6 is 0 Å². The van der Waals surface area contributed by atoms with Crippen molar-refractivity contribution >= 4 is 0 Å². The zero-order chi connectivity index (χ0) is 13.5. The summed E-state index contributed by atoms with van der Waals surface area (Å²) in [5.41, 5.74) is 0.0922. The average Bonchev–Trinajstić information content (AvgIpc) is 2.29. The van der Waals surface area contributed by atoms with E-state index in [1.165, 1.54) is 6.07 Å². The molecular weight excluding hydrogens is 236 g/mol. The fraction of sp³-hybridized carbons (Fsp3) is 0.286. The lowest BCUT2D eigenvalue weighted by Crippen LogP contribution is -2.29. The summed E-state index contributed by atoms with van der Waals surface area (Å²) in [6.07, 6.45) is 2.37. The second-order valence-electron chi connectivity index (χ2n) is 3.98. The zero-order valence-corrected chi connectivity index (χ0v) is 10.1. The second kappa shape index (κ2) is 7.03. The lowest BCUT2D eigenvalue weighted by atomic mass is 10.1. The maximum Gasteiger partial charge on any atom is 0.131 e. The van der Waals surface area contributed by atoms with Crippen molar-refractivity contribution in [2.24, 2.45) is 0 Å². The van der Waals surface area contributed by atoms with E-state index in [9.17, 15) is 13.9 Å². The van der Waals surface area contributed by atoms with Gasteiger partial charge in [-0.25, -0.2) is 8.78 Å². The van der Waals surface area contributed by atoms with Crippen LogP contribution in [-0.4, -0.2) is 29.6 Å². The molecule has 0 aliphatic carbocycles. The zero-order valence-electron chi connectivity index (χ0n) is 10.1. The maximum absolute atomic E-state index is 13.5. The predicted octanol–water partition coefficient (Wildman–Crippen LogP) is 2.67. The first-order chi connectivity index (χ1) is 8.58. The molecule has 98 valence electrons. The van der Waals surface area contributed by atoms with E-state index in [1.807, 2.05) is 4.90 Å². The van der Waals surface area contributed by atoms with Crippen LogP contribution in [0.15, 0.2) is 43.5 Å². The van der Waals surface area contributed by atoms with E-state index in [2.05, 4.69) is 13.2 Å². The van der Waals surface area contributed by atoms with E-state index in [4.69, 9.17) is 0 Å². The molecule has 4 heteroatoms. The number of benzene rings is 1. The molecule has 1 aromatic carbocycles. The SMILES string of the molecule is C=CCN(CC=C)CC(O)c1ccc(F)cc1F. The minimum Gasteiger partial charge on any atom is -0.387 e. The number of aliphatic hydroxyl groups is 1. The van der Waals surface area contributed by atoms with Crippen LogP contribution in [0.2, 0.25) is 0 Å². The molecule has 0 heterocycles. The van der Waals surface area contributed by atoms with Crippen molar-refractivity contribution in [3.05, 3.63) is 60.7 Å². The quantitative estimate of drug-likeness (QED) is 0.755. The molecule has 0 aliphatic rings. The van der Waals surface area contributed by atoms with Crippen molar-refractivity contribution < 1.29 is 13.9 Å². The third-order valence-corrected chi connectivity index (χ3v) is 2.53. The molecule has 0 saturated heterocycles. The van der Waals surface area contributed by atoms with Gasteiger partial charge in [-0.15, -0.1) is 13.2 Å². The highest BCUT2D eigenvalue weighted by atomic mass is 19.1. The van der Waals surface area contributed by atoms with E-state index in [0.717, 1.165) is 12.1 Å². The van der Waals surface area contributed by atoms with Gasteiger partial charge in [0.15, 0.2) is 0 Å². The summed E-state index contributed by atoms with van der Waals surface area (Å²) in [7, 11) is 0. The monoisotopic (exact) mass is 253 g/mol. The van der Waals surface area contributed by atoms with E-state index in [0.29, 0.717) is 13.1 Å². The van der Waals surface area contributed by atoms with Gasteiger partial charge in [-0.05, 0) is 6.07 Å². The Bertz CT molecular complexity index is 410. The molecule has 0 saturated carbocycles. The van der Waals surface area contributed by atoms with Gasteiger partial charge in [-0.2, -0.15) is 0 Å². The van der Waals surface area contributed by atoms with Gasteiger partial charge in [-0.3, -0.25) is 4.90 Å². The molecule has 0 radical (unpaired) electrons. The highest BCUT2D eigenvalue weighted by Gasteiger charge is 2.16. The van der Waals surface area contributed by atoms with Gasteiger partial charge in [0.05, 0.1) is 6.10 Å². The van der Waals surface area contributed by atoms with Crippen LogP contribution in [0.5, 0.6) is 0 Å². The molecule has 1 unspecified atom stereocenters. The van der Waals surface area contributed by atoms with Gasteiger partial charge in [0, 0.05) is 31.3 Å². The summed E-state index contributed by atoms with van der Waals surface area (Å²) in [4.78, 5) is 1.85. The molecular formula is C14H17F2NO. The van der Waals surface area contributed by atoms with Crippen LogP contribution in [0.25, 0.3) is 0 Å². The largest absolute Gasteiger partial charge is 0.387 e. The Morgan fingerprint density at radius 1 is 1.22 bits per heavy atom. The Labute approximate surface area is 106 Å². The molecule has 0 aliphatic heterocycles. The number of nitrogens with zero attached hydrogens (tertiary/aromatic N) is 1. The fourth-order valence-electron chi connectivity index (χ4n) is 1.70. The Balaban J connectivity index is 2.75. The Morgan fingerprint density at radius 3 is 2.33 bits per heavy atom. The topological polar surface area (TPSA) is 23.5 Å². The average molecular weight is 253 g/mol. The molecule has 0 amide bonds. The van der Waals surface area contributed by atoms with Crippen LogP contribution in [-0.2, 0) is 0 Å². The smallest absolute Gasteiger partial charge is 0.131 e. The third kappa shape index (κ3) is 4.05. The van der Waals surface area contributed by atoms with E-state index >= 15 is 0 Å². The standard InChI is InChI=1S/C14H17F2NO/c1-3-7-17(8-4-2)10-14(18)12-6-5-11(15)9-13(12)16/h3-6,9,14,18H,1-2,7-8,10H2. The van der Waals surface area contributed by atoms with Crippen LogP contribution in [0.4, 0.5) is 8.78 Å². The van der Waals surface area contributed by atoms with Gasteiger partial charge in [0.1, 0.15) is 11.6 Å². The summed E-state index contributed by atoms with van der Waals surface area (Å²) in [5.74, 6) is -1.39. The Hall–Kier alpha value is -1.52. The van der Waals surface area contributed by atoms with Crippen molar-refractivity contribution in [3.8, 4) is 0 Å². The van der Waals surface area contributed by atoms with E-state index in [-0.39, 0.29) is 12.1 Å². The molecule has 18 heavy (non-hydrogen) atoms. The highest BCUT2D eigenvalue weighted by molar-refractivity contribution is 5.21. The molecule has 0 bridgehead atoms. The molecule has 2 nitrogen and oxygen atoms in total. The van der Waals surface area contributed by atoms with Gasteiger partial charge in [0.2, 0.25) is 0 Å². The first-order valence-corrected chi connectivity index (χ1v) is 5.65. The Kier molecular flexibility index (Phi) is 5.68. The fourth-order valence-corrected chi connectivity index (χ4v) is 1.70. The summed E-state index contributed by atoms with van der Waals surface area (Å²) in [6.45, 7) is 8.58. The molecule has 1 atom stereocenters. The first kappa shape index (κ1) is 14.5. The molecule has 1 rings (SSSR count). The van der Waals surface area contributed by atoms with Crippen LogP contribution in [0.1, 0.15) is 11.7 Å². The molecule has 0 fully saturated rings. The van der Waals surface area contributed by atoms with Crippen molar-refractivity contribution in [3.63, 3.8) is 0 Å². The van der Waals surface area contributed by atoms with E-state index in [1.54, 1.807) is 12.2 Å². The lowest BCUT2D eigenvalue weighted by molar-refractivity contribution is 0.122. The number of rotatable bonds is 7. The van der Waals surface area contributed by atoms with Gasteiger partial charge in [-0.1, -0.05) is 18.2 Å². The van der Waals surface area contributed by atoms with Gasteiger partial charge in [0.25, 0.3) is 0 Å². The summed E-state index contributed by atoms with van der Waals surface area (Å²) >= 11 is 0. The summed E-state index contributed by atoms with van der Waals surface area (Å²) in [5, 5.41) is 9.94. The number of hydrogen-bond donors (Lipinski definition) is 1. The Morgan fingerprint density at radius 2 is 1.83 bits per heavy atom. The third-order valence-electron chi connectivity index (χ3n) is 2.53. The second-order valence-corrected chi connectivity index (χ2v) is 3.98. The van der Waals surface area contributed by atoms with Crippen LogP contribution < -0.4 is 0 Å². The number of halogens is 2. The predicted molar refractivity (Wildman–Crippen MR) is 68.2 cm³/mol. The van der Waals surface area contributed by atoms with Crippen LogP contribution in [0, 0.1) is 11.6 Å². The lowest BCUT2D eigenvalue weighted by Gasteiger charge is -2.22. The minimum absolute atomic E-state index is 0.0922. The van der Waals surface area contributed by atoms with Crippen molar-refractivity contribution in [2.45, 2.75) is 6.10 Å². The normalized spacial score (nSPS) is 12.4. The number of aliphatic hydroxyl groups excluding tert-OH is 1. The van der Waals surface area contributed by atoms with Crippen molar-refractivity contribution in [2.75, 3.05) is 19.6 Å². The maximum atomic E-state index is 13.5. The number of hydrogen-bond acceptors (Lipinski definition) is 2. The molecule has 1 N–H and O–H groups in total. The van der Waals surface area contributed by atoms with Crippen LogP contribution in [0.3, 0.4) is 0 Å². The van der Waals surface area contributed by atoms with Crippen molar-refractivity contribution in [1.82, 2.24) is 4.90 Å². The summed E-state index contributed by atoms with van der Waals surface area (Å²) < 4.78 is 26.2. The summed E-state index contributed by atoms with van der Waals surface area (Å²) in [6, 6.07) is 3.16. The minimum atomic E-state index is -1.01. The van der Waals surface area contributed by atoms with E-state index < -0.39 is 17.7 Å². The molecule has 1 aromatic rings. The molecule has 0 aromatic heterocycles. The van der Waals surface area contributed by atoms with Gasteiger partial charge >= 0.3 is 0 Å². The first-order valence-electron chi connectivity index (χ1n) is 5.65. The highest BCUT2D eigenvalue weighted by Crippen LogP contribution is 2.19. The molecule has 0 spiro atoms. The van der Waals surface area contributed by atoms with Crippen molar-refractivity contribution in [1.29, 1.82) is 0 Å².